The molecule has 0 heterocycles. The number of nitrogens with one attached hydrogen (secondary N) is 2. The van der Waals surface area contributed by atoms with Crippen LogP contribution in [0.2, 0.25) is 0 Å². The van der Waals surface area contributed by atoms with E-state index in [2.05, 4.69) is 26.6 Å². The lowest BCUT2D eigenvalue weighted by Crippen LogP contribution is -2.33. The van der Waals surface area contributed by atoms with Gasteiger partial charge in [-0.25, -0.2) is 0 Å². The molecule has 0 aliphatic rings. The molecule has 0 fully saturated rings. The molecule has 3 nitrogen and oxygen atoms in total. The molecule has 0 aliphatic carbocycles. The van der Waals surface area contributed by atoms with Crippen molar-refractivity contribution < 1.29 is 4.79 Å². The molecule has 1 aromatic rings. The molecule has 0 aromatic heterocycles. The molecule has 0 atom stereocenters. The predicted molar refractivity (Wildman–Crippen MR) is 73.4 cm³/mol. The van der Waals surface area contributed by atoms with Gasteiger partial charge in [0.2, 0.25) is 5.91 Å². The highest BCUT2D eigenvalue weighted by Crippen LogP contribution is 2.13. The van der Waals surface area contributed by atoms with E-state index in [0.29, 0.717) is 11.5 Å². The van der Waals surface area contributed by atoms with Crippen molar-refractivity contribution in [3.8, 4) is 0 Å². The van der Waals surface area contributed by atoms with Gasteiger partial charge in [0.05, 0.1) is 0 Å². The lowest BCUT2D eigenvalue weighted by molar-refractivity contribution is -0.119. The van der Waals surface area contributed by atoms with Crippen molar-refractivity contribution in [2.24, 2.45) is 0 Å². The normalized spacial score (nSPS) is 9.62. The van der Waals surface area contributed by atoms with E-state index in [1.54, 1.807) is 0 Å². The third kappa shape index (κ3) is 4.72. The Bertz CT molecular complexity index is 378. The zero-order valence-electron chi connectivity index (χ0n) is 8.92. The minimum Gasteiger partial charge on any atom is -0.332 e. The van der Waals surface area contributed by atoms with Crippen LogP contribution >= 0.6 is 28.1 Å². The van der Waals surface area contributed by atoms with Gasteiger partial charge >= 0.3 is 0 Å². The van der Waals surface area contributed by atoms with Crippen molar-refractivity contribution in [2.75, 3.05) is 5.32 Å². The summed E-state index contributed by atoms with van der Waals surface area (Å²) in [6, 6.07) is 7.56. The molecule has 0 saturated carbocycles. The summed E-state index contributed by atoms with van der Waals surface area (Å²) in [6.07, 6.45) is 1.30. The summed E-state index contributed by atoms with van der Waals surface area (Å²) in [4.78, 5) is 11.3. The maximum absolute atomic E-state index is 11.3. The van der Waals surface area contributed by atoms with Gasteiger partial charge in [0.15, 0.2) is 5.11 Å². The van der Waals surface area contributed by atoms with E-state index in [1.165, 1.54) is 0 Å². The molecular formula is C11H13BrN2OS. The summed E-state index contributed by atoms with van der Waals surface area (Å²) in [5, 5.41) is 5.88. The van der Waals surface area contributed by atoms with Gasteiger partial charge < -0.3 is 10.6 Å². The molecule has 0 unspecified atom stereocenters. The van der Waals surface area contributed by atoms with E-state index in [-0.39, 0.29) is 5.91 Å². The Kier molecular flexibility index (Phi) is 5.42. The largest absolute Gasteiger partial charge is 0.332 e. The highest BCUT2D eigenvalue weighted by Gasteiger charge is 2.02. The number of hydrogen-bond acceptors (Lipinski definition) is 2. The molecule has 1 rings (SSSR count). The number of amides is 1. The molecule has 1 aromatic carbocycles. The first-order valence-corrected chi connectivity index (χ1v) is 6.18. The molecule has 0 radical (unpaired) electrons. The first-order chi connectivity index (χ1) is 7.61. The number of carbonyl (C=O) groups is 1. The maximum Gasteiger partial charge on any atom is 0.226 e. The zero-order chi connectivity index (χ0) is 12.0. The molecule has 0 bridgehead atoms. The van der Waals surface area contributed by atoms with E-state index in [0.717, 1.165) is 16.6 Å². The Balaban J connectivity index is 2.45. The van der Waals surface area contributed by atoms with Crippen LogP contribution in [0.1, 0.15) is 19.8 Å². The van der Waals surface area contributed by atoms with Crippen molar-refractivity contribution in [3.05, 3.63) is 28.7 Å². The molecule has 86 valence electrons. The Morgan fingerprint density at radius 2 is 2.00 bits per heavy atom. The number of halogens is 1. The fourth-order valence-corrected chi connectivity index (χ4v) is 1.61. The van der Waals surface area contributed by atoms with E-state index >= 15 is 0 Å². The first-order valence-electron chi connectivity index (χ1n) is 4.98. The Morgan fingerprint density at radius 3 is 2.56 bits per heavy atom. The third-order valence-corrected chi connectivity index (χ3v) is 2.56. The standard InChI is InChI=1S/C11H13BrN2OS/c1-2-3-10(15)14-11(16)13-9-6-4-8(12)5-7-9/h4-7H,2-3H2,1H3,(H2,13,14,15,16). The topological polar surface area (TPSA) is 41.1 Å². The number of thiocarbonyl (C=S) groups is 1. The lowest BCUT2D eigenvalue weighted by Gasteiger charge is -2.08. The van der Waals surface area contributed by atoms with Gasteiger partial charge in [0.25, 0.3) is 0 Å². The van der Waals surface area contributed by atoms with Gasteiger partial charge in [-0.05, 0) is 42.9 Å². The second-order valence-electron chi connectivity index (χ2n) is 3.26. The Hall–Kier alpha value is -0.940. The van der Waals surface area contributed by atoms with Crippen molar-refractivity contribution in [3.63, 3.8) is 0 Å². The predicted octanol–water partition coefficient (Wildman–Crippen LogP) is 3.06. The van der Waals surface area contributed by atoms with Crippen LogP contribution in [0.4, 0.5) is 5.69 Å². The number of benzene rings is 1. The molecule has 0 aliphatic heterocycles. The minimum absolute atomic E-state index is 0.0582. The van der Waals surface area contributed by atoms with Crippen LogP contribution in [-0.4, -0.2) is 11.0 Å². The second kappa shape index (κ2) is 6.60. The second-order valence-corrected chi connectivity index (χ2v) is 4.58. The van der Waals surface area contributed by atoms with Crippen molar-refractivity contribution in [1.82, 2.24) is 5.32 Å². The lowest BCUT2D eigenvalue weighted by atomic mass is 10.3. The minimum atomic E-state index is -0.0582. The van der Waals surface area contributed by atoms with Crippen LogP contribution in [0, 0.1) is 0 Å². The van der Waals surface area contributed by atoms with Gasteiger partial charge in [-0.3, -0.25) is 4.79 Å². The summed E-state index contributed by atoms with van der Waals surface area (Å²) < 4.78 is 0.999. The summed E-state index contributed by atoms with van der Waals surface area (Å²) in [5.74, 6) is -0.0582. The van der Waals surface area contributed by atoms with E-state index < -0.39 is 0 Å². The van der Waals surface area contributed by atoms with Crippen molar-refractivity contribution in [2.45, 2.75) is 19.8 Å². The monoisotopic (exact) mass is 300 g/mol. The average molecular weight is 301 g/mol. The van der Waals surface area contributed by atoms with Crippen LogP contribution < -0.4 is 10.6 Å². The molecule has 5 heteroatoms. The maximum atomic E-state index is 11.3. The van der Waals surface area contributed by atoms with Crippen molar-refractivity contribution >= 4 is 44.9 Å². The van der Waals surface area contributed by atoms with E-state index in [1.807, 2.05) is 31.2 Å². The van der Waals surface area contributed by atoms with Crippen LogP contribution in [0.3, 0.4) is 0 Å². The van der Waals surface area contributed by atoms with Gasteiger partial charge in [-0.1, -0.05) is 22.9 Å². The molecule has 0 spiro atoms. The Labute approximate surface area is 109 Å². The molecule has 0 saturated heterocycles. The number of anilines is 1. The van der Waals surface area contributed by atoms with Crippen LogP contribution in [0.25, 0.3) is 0 Å². The van der Waals surface area contributed by atoms with Crippen LogP contribution in [0.5, 0.6) is 0 Å². The van der Waals surface area contributed by atoms with Gasteiger partial charge in [-0.2, -0.15) is 0 Å². The molecule has 2 N–H and O–H groups in total. The van der Waals surface area contributed by atoms with E-state index in [9.17, 15) is 4.79 Å². The molecule has 16 heavy (non-hydrogen) atoms. The fraction of sp³-hybridized carbons (Fsp3) is 0.273. The highest BCUT2D eigenvalue weighted by atomic mass is 79.9. The van der Waals surface area contributed by atoms with Gasteiger partial charge in [0.1, 0.15) is 0 Å². The highest BCUT2D eigenvalue weighted by molar-refractivity contribution is 9.10. The quantitative estimate of drug-likeness (QED) is 0.843. The van der Waals surface area contributed by atoms with Gasteiger partial charge in [0, 0.05) is 16.6 Å². The van der Waals surface area contributed by atoms with Crippen LogP contribution in [-0.2, 0) is 4.79 Å². The summed E-state index contributed by atoms with van der Waals surface area (Å²) in [6.45, 7) is 1.95. The summed E-state index contributed by atoms with van der Waals surface area (Å²) in [7, 11) is 0. The van der Waals surface area contributed by atoms with E-state index in [4.69, 9.17) is 12.2 Å². The molecule has 1 amide bonds. The van der Waals surface area contributed by atoms with Gasteiger partial charge in [-0.15, -0.1) is 0 Å². The fourth-order valence-electron chi connectivity index (χ4n) is 1.11. The Morgan fingerprint density at radius 1 is 1.38 bits per heavy atom. The summed E-state index contributed by atoms with van der Waals surface area (Å²) in [5.41, 5.74) is 0.852. The molecular weight excluding hydrogens is 288 g/mol. The number of rotatable bonds is 3. The number of carbonyl (C=O) groups excluding carboxylic acids is 1. The third-order valence-electron chi connectivity index (χ3n) is 1.83. The smallest absolute Gasteiger partial charge is 0.226 e. The zero-order valence-corrected chi connectivity index (χ0v) is 11.3. The average Bonchev–Trinajstić information content (AvgIpc) is 2.21. The number of hydrogen-bond donors (Lipinski definition) is 2. The van der Waals surface area contributed by atoms with Crippen molar-refractivity contribution in [1.29, 1.82) is 0 Å². The van der Waals surface area contributed by atoms with Crippen LogP contribution in [0.15, 0.2) is 28.7 Å². The SMILES string of the molecule is CCCC(=O)NC(=S)Nc1ccc(Br)cc1. The first kappa shape index (κ1) is 13.1. The summed E-state index contributed by atoms with van der Waals surface area (Å²) >= 11 is 8.35.